The Labute approximate surface area is 158 Å². The van der Waals surface area contributed by atoms with Crippen LogP contribution in [0.15, 0.2) is 41.3 Å². The van der Waals surface area contributed by atoms with Crippen LogP contribution in [0.3, 0.4) is 0 Å². The fourth-order valence-electron chi connectivity index (χ4n) is 3.28. The minimum atomic E-state index is -3.68. The maximum Gasteiger partial charge on any atom is 0.251 e. The molecule has 26 heavy (non-hydrogen) atoms. The first-order valence-electron chi connectivity index (χ1n) is 8.25. The molecule has 0 fully saturated rings. The van der Waals surface area contributed by atoms with Crippen molar-refractivity contribution in [2.24, 2.45) is 0 Å². The van der Waals surface area contributed by atoms with E-state index < -0.39 is 10.0 Å². The molecule has 2 aromatic carbocycles. The second kappa shape index (κ2) is 7.36. The van der Waals surface area contributed by atoms with Crippen LogP contribution in [0.5, 0.6) is 0 Å². The lowest BCUT2D eigenvalue weighted by Crippen LogP contribution is -2.32. The molecule has 8 heteroatoms. The lowest BCUT2D eigenvalue weighted by Gasteiger charge is -2.17. The highest BCUT2D eigenvalue weighted by Crippen LogP contribution is 2.20. The largest absolute Gasteiger partial charge is 0.352 e. The summed E-state index contributed by atoms with van der Waals surface area (Å²) < 4.78 is 27.8. The number of carbonyl (C=O) groups is 1. The van der Waals surface area contributed by atoms with Gasteiger partial charge >= 0.3 is 0 Å². The second-order valence-corrected chi connectivity index (χ2v) is 8.12. The van der Waals surface area contributed by atoms with Crippen LogP contribution in [-0.4, -0.2) is 20.9 Å². The Morgan fingerprint density at radius 1 is 1.00 bits per heavy atom. The van der Waals surface area contributed by atoms with Gasteiger partial charge in [-0.15, -0.1) is 12.4 Å². The summed E-state index contributed by atoms with van der Waals surface area (Å²) in [6.45, 7) is 2.48. The lowest BCUT2D eigenvalue weighted by atomic mass is 10.0. The van der Waals surface area contributed by atoms with E-state index in [-0.39, 0.29) is 29.8 Å². The molecule has 0 bridgehead atoms. The van der Waals surface area contributed by atoms with Crippen molar-refractivity contribution in [1.82, 2.24) is 15.4 Å². The first-order valence-corrected chi connectivity index (χ1v) is 9.73. The van der Waals surface area contributed by atoms with Crippen molar-refractivity contribution in [2.45, 2.75) is 31.0 Å². The van der Waals surface area contributed by atoms with Crippen molar-refractivity contribution in [3.05, 3.63) is 64.2 Å². The van der Waals surface area contributed by atoms with Gasteiger partial charge in [0.25, 0.3) is 5.91 Å². The van der Waals surface area contributed by atoms with Crippen LogP contribution in [0.1, 0.15) is 32.6 Å². The van der Waals surface area contributed by atoms with Crippen molar-refractivity contribution < 1.29 is 13.2 Å². The molecule has 0 aliphatic carbocycles. The predicted octanol–water partition coefficient (Wildman–Crippen LogP) is 1.48. The van der Waals surface area contributed by atoms with Gasteiger partial charge in [0.15, 0.2) is 0 Å². The molecule has 2 heterocycles. The average Bonchev–Trinajstić information content (AvgIpc) is 3.08. The maximum absolute atomic E-state index is 12.6. The fourth-order valence-corrected chi connectivity index (χ4v) is 4.32. The zero-order valence-electron chi connectivity index (χ0n) is 14.0. The number of carbonyl (C=O) groups excluding carboxylic acids is 1. The van der Waals surface area contributed by atoms with Crippen molar-refractivity contribution in [3.63, 3.8) is 0 Å². The minimum Gasteiger partial charge on any atom is -0.352 e. The normalized spacial score (nSPS) is 15.6. The Kier molecular flexibility index (Phi) is 5.34. The van der Waals surface area contributed by atoms with Gasteiger partial charge in [-0.25, -0.2) is 13.1 Å². The Bertz CT molecular complexity index is 960. The van der Waals surface area contributed by atoms with Crippen LogP contribution < -0.4 is 15.4 Å². The van der Waals surface area contributed by atoms with Crippen LogP contribution in [0.4, 0.5) is 0 Å². The molecule has 3 N–H and O–H groups in total. The standard InChI is InChI=1S/C18H19N3O3S.ClH/c22-18-17-8-16(4-3-13(17)5-6-20-18)25(23,24)21-9-12-1-2-14-10-19-11-15(14)7-12;/h1-4,7-8,19,21H,5-6,9-11H2,(H,20,22);1H. The van der Waals surface area contributed by atoms with Crippen molar-refractivity contribution in [3.8, 4) is 0 Å². The summed E-state index contributed by atoms with van der Waals surface area (Å²) in [5.41, 5.74) is 4.71. The molecule has 0 spiro atoms. The molecular formula is C18H20ClN3O3S. The molecule has 0 aromatic heterocycles. The molecule has 2 aliphatic rings. The van der Waals surface area contributed by atoms with Crippen molar-refractivity contribution in [2.75, 3.05) is 6.54 Å². The SMILES string of the molecule is Cl.O=C1NCCc2ccc(S(=O)(=O)NCc3ccc4c(c3)CNC4)cc21. The van der Waals surface area contributed by atoms with Crippen LogP contribution in [0.2, 0.25) is 0 Å². The monoisotopic (exact) mass is 393 g/mol. The number of nitrogens with one attached hydrogen (secondary N) is 3. The van der Waals surface area contributed by atoms with E-state index in [9.17, 15) is 13.2 Å². The number of benzene rings is 2. The van der Waals surface area contributed by atoms with E-state index in [4.69, 9.17) is 0 Å². The maximum atomic E-state index is 12.6. The topological polar surface area (TPSA) is 87.3 Å². The molecule has 0 saturated carbocycles. The zero-order valence-corrected chi connectivity index (χ0v) is 15.7. The summed E-state index contributed by atoms with van der Waals surface area (Å²) in [6, 6.07) is 10.7. The smallest absolute Gasteiger partial charge is 0.251 e. The van der Waals surface area contributed by atoms with Gasteiger partial charge < -0.3 is 10.6 Å². The van der Waals surface area contributed by atoms with Gasteiger partial charge in [-0.2, -0.15) is 0 Å². The van der Waals surface area contributed by atoms with Gasteiger partial charge in [0.1, 0.15) is 0 Å². The molecule has 2 aromatic rings. The molecule has 4 rings (SSSR count). The Morgan fingerprint density at radius 3 is 2.62 bits per heavy atom. The van der Waals surface area contributed by atoms with Gasteiger partial charge in [0.2, 0.25) is 10.0 Å². The molecular weight excluding hydrogens is 374 g/mol. The van der Waals surface area contributed by atoms with E-state index in [0.29, 0.717) is 12.1 Å². The number of sulfonamides is 1. The highest BCUT2D eigenvalue weighted by Gasteiger charge is 2.21. The molecule has 0 radical (unpaired) electrons. The van der Waals surface area contributed by atoms with Crippen LogP contribution >= 0.6 is 12.4 Å². The van der Waals surface area contributed by atoms with Gasteiger partial charge in [-0.05, 0) is 40.8 Å². The van der Waals surface area contributed by atoms with E-state index in [1.165, 1.54) is 17.2 Å². The number of fused-ring (bicyclic) bond motifs is 2. The minimum absolute atomic E-state index is 0. The molecule has 2 aliphatic heterocycles. The van der Waals surface area contributed by atoms with Crippen LogP contribution in [0, 0.1) is 0 Å². The summed E-state index contributed by atoms with van der Waals surface area (Å²) >= 11 is 0. The Hall–Kier alpha value is -1.93. The quantitative estimate of drug-likeness (QED) is 0.734. The third-order valence-corrected chi connectivity index (χ3v) is 6.08. The van der Waals surface area contributed by atoms with Crippen LogP contribution in [-0.2, 0) is 36.1 Å². The van der Waals surface area contributed by atoms with Gasteiger partial charge in [0.05, 0.1) is 4.90 Å². The third kappa shape index (κ3) is 3.61. The fraction of sp³-hybridized carbons (Fsp3) is 0.278. The van der Waals surface area contributed by atoms with E-state index in [1.807, 2.05) is 18.2 Å². The molecule has 138 valence electrons. The number of hydrogen-bond donors (Lipinski definition) is 3. The summed E-state index contributed by atoms with van der Waals surface area (Å²) in [5, 5.41) is 6.01. The molecule has 0 atom stereocenters. The Morgan fingerprint density at radius 2 is 1.77 bits per heavy atom. The number of hydrogen-bond acceptors (Lipinski definition) is 4. The number of rotatable bonds is 4. The Balaban J connectivity index is 0.00000196. The molecule has 0 unspecified atom stereocenters. The van der Waals surface area contributed by atoms with E-state index >= 15 is 0 Å². The highest BCUT2D eigenvalue weighted by atomic mass is 35.5. The predicted molar refractivity (Wildman–Crippen MR) is 101 cm³/mol. The number of amides is 1. The highest BCUT2D eigenvalue weighted by molar-refractivity contribution is 7.89. The average molecular weight is 394 g/mol. The van der Waals surface area contributed by atoms with Crippen molar-refractivity contribution in [1.29, 1.82) is 0 Å². The van der Waals surface area contributed by atoms with Gasteiger partial charge in [-0.3, -0.25) is 4.79 Å². The van der Waals surface area contributed by atoms with E-state index in [0.717, 1.165) is 30.6 Å². The summed E-state index contributed by atoms with van der Waals surface area (Å²) in [7, 11) is -3.68. The summed E-state index contributed by atoms with van der Waals surface area (Å²) in [6.07, 6.45) is 0.720. The second-order valence-electron chi connectivity index (χ2n) is 6.36. The summed E-state index contributed by atoms with van der Waals surface area (Å²) in [5.74, 6) is -0.218. The first-order chi connectivity index (χ1) is 12.0. The van der Waals surface area contributed by atoms with Gasteiger partial charge in [-0.1, -0.05) is 24.3 Å². The van der Waals surface area contributed by atoms with Gasteiger partial charge in [0, 0.05) is 31.7 Å². The van der Waals surface area contributed by atoms with Crippen LogP contribution in [0.25, 0.3) is 0 Å². The summed E-state index contributed by atoms with van der Waals surface area (Å²) in [4.78, 5) is 12.0. The first kappa shape index (κ1) is 18.8. The molecule has 6 nitrogen and oxygen atoms in total. The third-order valence-electron chi connectivity index (χ3n) is 4.68. The van der Waals surface area contributed by atoms with Crippen molar-refractivity contribution >= 4 is 28.3 Å². The molecule has 1 amide bonds. The van der Waals surface area contributed by atoms with E-state index in [1.54, 1.807) is 12.1 Å². The zero-order chi connectivity index (χ0) is 17.4. The van der Waals surface area contributed by atoms with E-state index in [2.05, 4.69) is 15.4 Å². The number of halogens is 1. The lowest BCUT2D eigenvalue weighted by molar-refractivity contribution is 0.0945. The molecule has 0 saturated heterocycles.